The van der Waals surface area contributed by atoms with Gasteiger partial charge >= 0.3 is 5.97 Å². The number of carboxylic acid groups (broad SMARTS) is 1. The Balaban J connectivity index is 0.000000352. The molecule has 1 N–H and O–H groups in total. The zero-order chi connectivity index (χ0) is 23.1. The van der Waals surface area contributed by atoms with Gasteiger partial charge < -0.3 is 5.11 Å². The maximum atomic E-state index is 13.0. The Hall–Kier alpha value is -2.67. The fourth-order valence-corrected chi connectivity index (χ4v) is 3.92. The summed E-state index contributed by atoms with van der Waals surface area (Å²) in [5.74, 6) is -1.50. The number of benzene rings is 2. The summed E-state index contributed by atoms with van der Waals surface area (Å²) in [6, 6.07) is 18.0. The van der Waals surface area contributed by atoms with Crippen LogP contribution in [0.5, 0.6) is 0 Å². The first kappa shape index (κ1) is 24.0. The smallest absolute Gasteiger partial charge is 0.304 e. The minimum Gasteiger partial charge on any atom is -0.481 e. The lowest BCUT2D eigenvalue weighted by Crippen LogP contribution is -2.44. The Labute approximate surface area is 200 Å². The molecule has 0 radical (unpaired) electrons. The van der Waals surface area contributed by atoms with Gasteiger partial charge in [-0.25, -0.2) is 9.97 Å². The van der Waals surface area contributed by atoms with Gasteiger partial charge in [0.25, 0.3) is 0 Å². The van der Waals surface area contributed by atoms with E-state index in [0.29, 0.717) is 23.7 Å². The number of rotatable bonds is 4. The summed E-state index contributed by atoms with van der Waals surface area (Å²) < 4.78 is 0. The van der Waals surface area contributed by atoms with Crippen molar-refractivity contribution in [2.24, 2.45) is 5.92 Å². The third-order valence-corrected chi connectivity index (χ3v) is 5.64. The van der Waals surface area contributed by atoms with E-state index in [1.165, 1.54) is 11.1 Å². The lowest BCUT2D eigenvalue weighted by Gasteiger charge is -2.38. The maximum absolute atomic E-state index is 13.0. The van der Waals surface area contributed by atoms with Crippen LogP contribution in [-0.2, 0) is 9.59 Å². The summed E-state index contributed by atoms with van der Waals surface area (Å²) in [4.78, 5) is 33.5. The largest absolute Gasteiger partial charge is 0.481 e. The number of aliphatic carboxylic acids is 1. The number of amides is 1. The number of hydrogen-bond acceptors (Lipinski definition) is 4. The molecule has 0 saturated carbocycles. The van der Waals surface area contributed by atoms with Crippen LogP contribution in [0.1, 0.15) is 30.9 Å². The van der Waals surface area contributed by atoms with Crippen molar-refractivity contribution >= 4 is 52.5 Å². The van der Waals surface area contributed by atoms with Gasteiger partial charge in [0.05, 0.1) is 12.5 Å². The molecule has 32 heavy (non-hydrogen) atoms. The summed E-state index contributed by atoms with van der Waals surface area (Å²) in [5, 5.41) is 10.5. The number of piperidine rings is 1. The Morgan fingerprint density at radius 3 is 2.19 bits per heavy atom. The van der Waals surface area contributed by atoms with Crippen molar-refractivity contribution < 1.29 is 14.7 Å². The highest BCUT2D eigenvalue weighted by Crippen LogP contribution is 2.38. The van der Waals surface area contributed by atoms with Crippen LogP contribution in [0.3, 0.4) is 0 Å². The zero-order valence-electron chi connectivity index (χ0n) is 16.9. The summed E-state index contributed by atoms with van der Waals surface area (Å²) in [6.45, 7) is 0. The number of hydrogen-bond donors (Lipinski definition) is 1. The van der Waals surface area contributed by atoms with Crippen LogP contribution in [0.2, 0.25) is 15.3 Å². The number of halogens is 3. The second-order valence-electron chi connectivity index (χ2n) is 7.13. The van der Waals surface area contributed by atoms with Crippen LogP contribution in [-0.4, -0.2) is 27.0 Å². The van der Waals surface area contributed by atoms with Crippen molar-refractivity contribution in [3.8, 4) is 0 Å². The number of carbonyl (C=O) groups is 2. The molecule has 2 heterocycles. The van der Waals surface area contributed by atoms with E-state index >= 15 is 0 Å². The van der Waals surface area contributed by atoms with Gasteiger partial charge in [-0.1, -0.05) is 53.5 Å². The first-order valence-electron chi connectivity index (χ1n) is 9.84. The molecule has 1 aromatic heterocycles. The third kappa shape index (κ3) is 6.42. The minimum absolute atomic E-state index is 0.0283. The maximum Gasteiger partial charge on any atom is 0.304 e. The lowest BCUT2D eigenvalue weighted by atomic mass is 9.86. The van der Waals surface area contributed by atoms with Crippen molar-refractivity contribution in [1.29, 1.82) is 0 Å². The fraction of sp³-hybridized carbons (Fsp3) is 0.217. The number of anilines is 1. The standard InChI is InChI=1S/C17H15Cl2N3O3.C6H5Cl/c18-12-4-1-10(2-5-12)13-6-3-11(9-15(23)24)16(25)22(13)14-7-8-20-17(19)21-14;7-6-4-2-1-3-5-6/h1-2,4-5,7-8,11,13H,3,6,9H2,(H,23,24);1-5H/t11?,13-;/m0./s1. The first-order chi connectivity index (χ1) is 15.3. The molecule has 1 unspecified atom stereocenters. The molecule has 0 aliphatic carbocycles. The quantitative estimate of drug-likeness (QED) is 0.446. The molecule has 1 aliphatic rings. The Bertz CT molecular complexity index is 1060. The van der Waals surface area contributed by atoms with E-state index in [1.807, 2.05) is 42.5 Å². The molecule has 9 heteroatoms. The molecule has 2 atom stereocenters. The Morgan fingerprint density at radius 1 is 0.969 bits per heavy atom. The highest BCUT2D eigenvalue weighted by Gasteiger charge is 2.38. The van der Waals surface area contributed by atoms with E-state index < -0.39 is 11.9 Å². The summed E-state index contributed by atoms with van der Waals surface area (Å²) in [7, 11) is 0. The lowest BCUT2D eigenvalue weighted by molar-refractivity contribution is -0.141. The molecule has 3 aromatic rings. The Morgan fingerprint density at radius 2 is 1.62 bits per heavy atom. The Kier molecular flexibility index (Phi) is 8.45. The molecule has 1 amide bonds. The molecule has 0 spiro atoms. The molecule has 2 aromatic carbocycles. The van der Waals surface area contributed by atoms with Crippen molar-refractivity contribution in [3.63, 3.8) is 0 Å². The number of carbonyl (C=O) groups excluding carboxylic acids is 1. The molecule has 166 valence electrons. The van der Waals surface area contributed by atoms with E-state index in [9.17, 15) is 9.59 Å². The summed E-state index contributed by atoms with van der Waals surface area (Å²) in [6.07, 6.45) is 2.37. The molecule has 4 rings (SSSR count). The normalized spacial score (nSPS) is 18.0. The van der Waals surface area contributed by atoms with Gasteiger partial charge in [0.2, 0.25) is 11.2 Å². The van der Waals surface area contributed by atoms with Crippen LogP contribution < -0.4 is 4.90 Å². The average Bonchev–Trinajstić information content (AvgIpc) is 2.76. The highest BCUT2D eigenvalue weighted by molar-refractivity contribution is 6.30. The molecule has 1 aliphatic heterocycles. The van der Waals surface area contributed by atoms with Gasteiger partial charge in [0.1, 0.15) is 5.82 Å². The molecule has 1 fully saturated rings. The molecular formula is C23H20Cl3N3O3. The van der Waals surface area contributed by atoms with Crippen LogP contribution in [0, 0.1) is 5.92 Å². The van der Waals surface area contributed by atoms with Crippen LogP contribution >= 0.6 is 34.8 Å². The number of nitrogens with zero attached hydrogens (tertiary/aromatic N) is 3. The second kappa shape index (κ2) is 11.3. The average molecular weight is 493 g/mol. The van der Waals surface area contributed by atoms with Crippen molar-refractivity contribution in [1.82, 2.24) is 9.97 Å². The first-order valence-corrected chi connectivity index (χ1v) is 11.0. The summed E-state index contributed by atoms with van der Waals surface area (Å²) in [5.41, 5.74) is 0.904. The third-order valence-electron chi connectivity index (χ3n) is 4.95. The van der Waals surface area contributed by atoms with E-state index in [-0.39, 0.29) is 23.7 Å². The fourth-order valence-electron chi connectivity index (χ4n) is 3.51. The number of aromatic nitrogens is 2. The van der Waals surface area contributed by atoms with E-state index in [2.05, 4.69) is 9.97 Å². The van der Waals surface area contributed by atoms with Gasteiger partial charge in [0.15, 0.2) is 0 Å². The van der Waals surface area contributed by atoms with Crippen LogP contribution in [0.25, 0.3) is 0 Å². The van der Waals surface area contributed by atoms with E-state index in [1.54, 1.807) is 18.2 Å². The molecule has 0 bridgehead atoms. The van der Waals surface area contributed by atoms with Gasteiger partial charge in [-0.05, 0) is 60.3 Å². The summed E-state index contributed by atoms with van der Waals surface area (Å²) >= 11 is 17.4. The predicted octanol–water partition coefficient (Wildman–Crippen LogP) is 6.08. The zero-order valence-corrected chi connectivity index (χ0v) is 19.1. The minimum atomic E-state index is -0.996. The second-order valence-corrected chi connectivity index (χ2v) is 8.34. The molecule has 6 nitrogen and oxygen atoms in total. The van der Waals surface area contributed by atoms with Crippen molar-refractivity contribution in [3.05, 3.63) is 87.8 Å². The molecular weight excluding hydrogens is 473 g/mol. The van der Waals surface area contributed by atoms with Crippen LogP contribution in [0.4, 0.5) is 5.82 Å². The van der Waals surface area contributed by atoms with Crippen molar-refractivity contribution in [2.75, 3.05) is 4.90 Å². The highest BCUT2D eigenvalue weighted by atomic mass is 35.5. The monoisotopic (exact) mass is 491 g/mol. The number of carboxylic acids is 1. The SMILES string of the molecule is Clc1ccccc1.O=C(O)CC1CC[C@@H](c2ccc(Cl)cc2)N(c2ccnc(Cl)n2)C1=O. The van der Waals surface area contributed by atoms with Gasteiger partial charge in [-0.3, -0.25) is 14.5 Å². The topological polar surface area (TPSA) is 83.4 Å². The van der Waals surface area contributed by atoms with Gasteiger partial charge in [0, 0.05) is 22.2 Å². The van der Waals surface area contributed by atoms with E-state index in [0.717, 1.165) is 10.6 Å². The van der Waals surface area contributed by atoms with Crippen molar-refractivity contribution in [2.45, 2.75) is 25.3 Å². The van der Waals surface area contributed by atoms with Gasteiger partial charge in [-0.2, -0.15) is 0 Å². The van der Waals surface area contributed by atoms with Gasteiger partial charge in [-0.15, -0.1) is 0 Å². The predicted molar refractivity (Wildman–Crippen MR) is 125 cm³/mol. The molecule has 1 saturated heterocycles. The van der Waals surface area contributed by atoms with E-state index in [4.69, 9.17) is 39.9 Å². The van der Waals surface area contributed by atoms with Crippen LogP contribution in [0.15, 0.2) is 66.9 Å².